The second-order valence-electron chi connectivity index (χ2n) is 4.85. The van der Waals surface area contributed by atoms with Crippen LogP contribution in [0.5, 0.6) is 0 Å². The number of rotatable bonds is 2. The number of aromatic nitrogens is 1. The third kappa shape index (κ3) is 2.61. The molecule has 0 bridgehead atoms. The van der Waals surface area contributed by atoms with Gasteiger partial charge in [-0.05, 0) is 12.5 Å². The lowest BCUT2D eigenvalue weighted by atomic mass is 9.81. The predicted molar refractivity (Wildman–Crippen MR) is 70.3 cm³/mol. The number of ether oxygens (including phenoxy) is 1. The summed E-state index contributed by atoms with van der Waals surface area (Å²) in [6.07, 6.45) is 1.42. The van der Waals surface area contributed by atoms with E-state index in [4.69, 9.17) is 16.3 Å². The molecule has 1 aromatic heterocycles. The lowest BCUT2D eigenvalue weighted by Crippen LogP contribution is -2.46. The molecule has 0 N–H and O–H groups in total. The molecule has 1 saturated heterocycles. The van der Waals surface area contributed by atoms with E-state index in [1.165, 1.54) is 19.4 Å². The minimum absolute atomic E-state index is 0.0306. The summed E-state index contributed by atoms with van der Waals surface area (Å²) in [6.45, 7) is 1.74. The number of methoxy groups -OCH3 is 1. The molecule has 2 unspecified atom stereocenters. The fourth-order valence-electron chi connectivity index (χ4n) is 2.69. The average Bonchev–Trinajstić information content (AvgIpc) is 2.33. The third-order valence-corrected chi connectivity index (χ3v) is 5.75. The summed E-state index contributed by atoms with van der Waals surface area (Å²) < 4.78 is 42.8. The van der Waals surface area contributed by atoms with Crippen molar-refractivity contribution < 1.29 is 17.5 Å². The summed E-state index contributed by atoms with van der Waals surface area (Å²) in [6, 6.07) is 1.46. The minimum Gasteiger partial charge on any atom is -0.373 e. The van der Waals surface area contributed by atoms with Crippen molar-refractivity contribution in [2.24, 2.45) is 5.92 Å². The Morgan fingerprint density at radius 3 is 2.84 bits per heavy atom. The van der Waals surface area contributed by atoms with Crippen molar-refractivity contribution in [1.82, 2.24) is 4.98 Å². The van der Waals surface area contributed by atoms with Gasteiger partial charge in [0.05, 0.1) is 16.5 Å². The highest BCUT2D eigenvalue weighted by atomic mass is 35.5. The Morgan fingerprint density at radius 2 is 2.26 bits per heavy atom. The van der Waals surface area contributed by atoms with Gasteiger partial charge in [-0.3, -0.25) is 0 Å². The van der Waals surface area contributed by atoms with Gasteiger partial charge in [-0.2, -0.15) is 4.39 Å². The molecule has 19 heavy (non-hydrogen) atoms. The van der Waals surface area contributed by atoms with Crippen LogP contribution >= 0.6 is 11.6 Å². The van der Waals surface area contributed by atoms with Gasteiger partial charge in [0.2, 0.25) is 5.95 Å². The van der Waals surface area contributed by atoms with Gasteiger partial charge in [0.1, 0.15) is 5.60 Å². The first kappa shape index (κ1) is 14.7. The van der Waals surface area contributed by atoms with Crippen LogP contribution in [-0.4, -0.2) is 32.0 Å². The molecule has 2 atom stereocenters. The Bertz CT molecular complexity index is 593. The molecule has 0 aromatic carbocycles. The quantitative estimate of drug-likeness (QED) is 0.786. The summed E-state index contributed by atoms with van der Waals surface area (Å²) in [4.78, 5) is 3.59. The largest absolute Gasteiger partial charge is 0.373 e. The SMILES string of the molecule is COC1(c2cc(Cl)cnc2F)CCS(=O)(=O)CC1C. The monoisotopic (exact) mass is 307 g/mol. The van der Waals surface area contributed by atoms with Crippen molar-refractivity contribution in [3.8, 4) is 0 Å². The van der Waals surface area contributed by atoms with Gasteiger partial charge in [-0.1, -0.05) is 18.5 Å². The fraction of sp³-hybridized carbons (Fsp3) is 0.583. The van der Waals surface area contributed by atoms with Crippen molar-refractivity contribution >= 4 is 21.4 Å². The van der Waals surface area contributed by atoms with Gasteiger partial charge in [-0.25, -0.2) is 13.4 Å². The molecule has 0 radical (unpaired) electrons. The number of hydrogen-bond donors (Lipinski definition) is 0. The van der Waals surface area contributed by atoms with E-state index in [1.807, 2.05) is 0 Å². The standard InChI is InChI=1S/C12H15ClFNO3S/c1-8-7-19(16,17)4-3-12(8,18-2)10-5-9(13)6-15-11(10)14/h5-6,8H,3-4,7H2,1-2H3. The summed E-state index contributed by atoms with van der Waals surface area (Å²) in [7, 11) is -1.65. The van der Waals surface area contributed by atoms with Crippen molar-refractivity contribution in [3.63, 3.8) is 0 Å². The van der Waals surface area contributed by atoms with Gasteiger partial charge in [-0.15, -0.1) is 0 Å². The lowest BCUT2D eigenvalue weighted by molar-refractivity contribution is -0.0614. The van der Waals surface area contributed by atoms with Gasteiger partial charge in [0.25, 0.3) is 0 Å². The molecule has 0 spiro atoms. The zero-order valence-corrected chi connectivity index (χ0v) is 12.3. The highest BCUT2D eigenvalue weighted by Gasteiger charge is 2.46. The molecule has 2 rings (SSSR count). The van der Waals surface area contributed by atoms with Crippen molar-refractivity contribution in [1.29, 1.82) is 0 Å². The first-order chi connectivity index (χ1) is 8.81. The van der Waals surface area contributed by atoms with Crippen LogP contribution in [0.2, 0.25) is 5.02 Å². The fourth-order valence-corrected chi connectivity index (χ4v) is 4.65. The van der Waals surface area contributed by atoms with Crippen LogP contribution in [0.4, 0.5) is 4.39 Å². The molecular weight excluding hydrogens is 293 g/mol. The van der Waals surface area contributed by atoms with E-state index in [2.05, 4.69) is 4.98 Å². The van der Waals surface area contributed by atoms with Crippen LogP contribution in [0, 0.1) is 11.9 Å². The van der Waals surface area contributed by atoms with Crippen molar-refractivity contribution in [2.45, 2.75) is 18.9 Å². The van der Waals surface area contributed by atoms with E-state index in [9.17, 15) is 12.8 Å². The molecular formula is C12H15ClFNO3S. The Morgan fingerprint density at radius 1 is 1.58 bits per heavy atom. The first-order valence-corrected chi connectivity index (χ1v) is 8.08. The van der Waals surface area contributed by atoms with Crippen molar-refractivity contribution in [3.05, 3.63) is 28.8 Å². The maximum Gasteiger partial charge on any atom is 0.219 e. The van der Waals surface area contributed by atoms with E-state index < -0.39 is 21.4 Å². The van der Waals surface area contributed by atoms with Crippen LogP contribution in [0.3, 0.4) is 0 Å². The second-order valence-corrected chi connectivity index (χ2v) is 7.52. The second kappa shape index (κ2) is 5.00. The first-order valence-electron chi connectivity index (χ1n) is 5.88. The average molecular weight is 308 g/mol. The Labute approximate surface area is 116 Å². The van der Waals surface area contributed by atoms with Crippen LogP contribution in [0.1, 0.15) is 18.9 Å². The van der Waals surface area contributed by atoms with E-state index >= 15 is 0 Å². The smallest absolute Gasteiger partial charge is 0.219 e. The highest BCUT2D eigenvalue weighted by Crippen LogP contribution is 2.42. The van der Waals surface area contributed by atoms with E-state index in [-0.39, 0.29) is 29.4 Å². The molecule has 4 nitrogen and oxygen atoms in total. The lowest BCUT2D eigenvalue weighted by Gasteiger charge is -2.41. The molecule has 1 fully saturated rings. The van der Waals surface area contributed by atoms with Gasteiger partial charge >= 0.3 is 0 Å². The maximum atomic E-state index is 14.0. The number of halogens is 2. The molecule has 2 heterocycles. The van der Waals surface area contributed by atoms with E-state index in [0.717, 1.165) is 0 Å². The molecule has 0 amide bonds. The number of hydrogen-bond acceptors (Lipinski definition) is 4. The molecule has 0 saturated carbocycles. The number of sulfone groups is 1. The van der Waals surface area contributed by atoms with Crippen LogP contribution < -0.4 is 0 Å². The number of pyridine rings is 1. The molecule has 106 valence electrons. The third-order valence-electron chi connectivity index (χ3n) is 3.71. The van der Waals surface area contributed by atoms with E-state index in [1.54, 1.807) is 6.92 Å². The van der Waals surface area contributed by atoms with Crippen molar-refractivity contribution in [2.75, 3.05) is 18.6 Å². The predicted octanol–water partition coefficient (Wildman–Crippen LogP) is 2.17. The van der Waals surface area contributed by atoms with Crippen LogP contribution in [0.15, 0.2) is 12.3 Å². The number of nitrogens with zero attached hydrogens (tertiary/aromatic N) is 1. The summed E-state index contributed by atoms with van der Waals surface area (Å²) in [5.41, 5.74) is -0.766. The molecule has 0 aliphatic carbocycles. The molecule has 1 aliphatic rings. The zero-order valence-electron chi connectivity index (χ0n) is 10.7. The molecule has 7 heteroatoms. The van der Waals surface area contributed by atoms with Crippen LogP contribution in [-0.2, 0) is 20.2 Å². The highest BCUT2D eigenvalue weighted by molar-refractivity contribution is 7.91. The Balaban J connectivity index is 2.52. The van der Waals surface area contributed by atoms with E-state index in [0.29, 0.717) is 5.02 Å². The van der Waals surface area contributed by atoms with Gasteiger partial charge in [0, 0.05) is 24.8 Å². The summed E-state index contributed by atoms with van der Waals surface area (Å²) in [5, 5.41) is 0.299. The Hall–Kier alpha value is -0.720. The zero-order chi connectivity index (χ0) is 14.3. The van der Waals surface area contributed by atoms with Gasteiger partial charge < -0.3 is 4.74 Å². The maximum absolute atomic E-state index is 14.0. The van der Waals surface area contributed by atoms with Gasteiger partial charge in [0.15, 0.2) is 9.84 Å². The topological polar surface area (TPSA) is 56.3 Å². The molecule has 1 aliphatic heterocycles. The van der Waals surface area contributed by atoms with Crippen LogP contribution in [0.25, 0.3) is 0 Å². The molecule has 1 aromatic rings. The summed E-state index contributed by atoms with van der Waals surface area (Å²) >= 11 is 5.86. The summed E-state index contributed by atoms with van der Waals surface area (Å²) in [5.74, 6) is -1.10. The minimum atomic E-state index is -3.10. The normalized spacial score (nSPS) is 30.2. The Kier molecular flexibility index (Phi) is 3.86.